The number of rotatable bonds is 3. The first-order chi connectivity index (χ1) is 13.6. The average molecular weight is 410 g/mol. The summed E-state index contributed by atoms with van der Waals surface area (Å²) < 4.78 is 7.43. The highest BCUT2D eigenvalue weighted by Gasteiger charge is 2.25. The molecule has 0 bridgehead atoms. The molecule has 5 heteroatoms. The maximum absolute atomic E-state index is 6.37. The molecular weight excluding hydrogens is 382 g/mol. The first kappa shape index (κ1) is 20.0. The van der Waals surface area contributed by atoms with Gasteiger partial charge in [-0.2, -0.15) is 5.10 Å². The highest BCUT2D eigenvalue weighted by molar-refractivity contribution is 6.34. The lowest BCUT2D eigenvalue weighted by Gasteiger charge is -2.22. The van der Waals surface area contributed by atoms with Crippen LogP contribution in [-0.4, -0.2) is 14.9 Å². The molecule has 152 valence electrons. The van der Waals surface area contributed by atoms with E-state index in [0.29, 0.717) is 5.15 Å². The van der Waals surface area contributed by atoms with E-state index in [2.05, 4.69) is 64.9 Å². The van der Waals surface area contributed by atoms with Gasteiger partial charge in [0.2, 0.25) is 0 Å². The first-order valence-corrected chi connectivity index (χ1v) is 10.5. The largest absolute Gasteiger partial charge is 0.355 e. The maximum Gasteiger partial charge on any atom is 0.180 e. The molecule has 4 rings (SSSR count). The highest BCUT2D eigenvalue weighted by atomic mass is 35.5. The summed E-state index contributed by atoms with van der Waals surface area (Å²) in [6.45, 7) is 13.3. The van der Waals surface area contributed by atoms with Crippen molar-refractivity contribution >= 4 is 33.5 Å². The van der Waals surface area contributed by atoms with Gasteiger partial charge in [-0.15, -0.1) is 0 Å². The Kier molecular flexibility index (Phi) is 4.73. The van der Waals surface area contributed by atoms with Gasteiger partial charge in [-0.25, -0.2) is 0 Å². The molecule has 0 spiro atoms. The average Bonchev–Trinajstić information content (AvgIpc) is 3.14. The number of halogens is 1. The van der Waals surface area contributed by atoms with Gasteiger partial charge in [-0.05, 0) is 59.9 Å². The quantitative estimate of drug-likeness (QED) is 0.381. The Morgan fingerprint density at radius 1 is 1.10 bits per heavy atom. The van der Waals surface area contributed by atoms with Gasteiger partial charge in [0.25, 0.3) is 0 Å². The fourth-order valence-electron chi connectivity index (χ4n) is 4.76. The van der Waals surface area contributed by atoms with Crippen LogP contribution in [0.1, 0.15) is 61.6 Å². The molecule has 0 aliphatic heterocycles. The Bertz CT molecular complexity index is 1230. The molecule has 0 saturated carbocycles. The third-order valence-electron chi connectivity index (χ3n) is 5.94. The molecule has 0 N–H and O–H groups in total. The second-order valence-electron chi connectivity index (χ2n) is 9.22. The summed E-state index contributed by atoms with van der Waals surface area (Å²) in [7, 11) is 2.05. The molecule has 0 aliphatic rings. The molecule has 0 saturated heterocycles. The molecule has 2 aromatic carbocycles. The summed E-state index contributed by atoms with van der Waals surface area (Å²) in [6.07, 6.45) is 0.862. The molecule has 0 radical (unpaired) electrons. The standard InChI is InChI=1S/C24H28ClN3O/c1-13-9-11-18-20(23(25)27-29-18)19(13)15(3)12-17-16-10-8-14(2)21(24(4,5)6)22(16)26-28(17)7/h8-11,15H,12H2,1-7H3. The second-order valence-corrected chi connectivity index (χ2v) is 9.58. The molecule has 1 unspecified atom stereocenters. The molecule has 29 heavy (non-hydrogen) atoms. The van der Waals surface area contributed by atoms with Crippen LogP contribution in [0.15, 0.2) is 28.8 Å². The van der Waals surface area contributed by atoms with Crippen LogP contribution in [0.25, 0.3) is 21.9 Å². The van der Waals surface area contributed by atoms with Gasteiger partial charge in [0.1, 0.15) is 0 Å². The van der Waals surface area contributed by atoms with Gasteiger partial charge in [0, 0.05) is 18.1 Å². The summed E-state index contributed by atoms with van der Waals surface area (Å²) in [4.78, 5) is 0. The summed E-state index contributed by atoms with van der Waals surface area (Å²) in [5.74, 6) is 0.244. The normalized spacial score (nSPS) is 13.5. The third kappa shape index (κ3) is 3.24. The zero-order valence-corrected chi connectivity index (χ0v) is 19.0. The molecule has 0 aliphatic carbocycles. The van der Waals surface area contributed by atoms with Crippen molar-refractivity contribution in [1.29, 1.82) is 0 Å². The number of aromatic nitrogens is 3. The van der Waals surface area contributed by atoms with Crippen molar-refractivity contribution in [2.45, 2.75) is 59.3 Å². The maximum atomic E-state index is 6.37. The van der Waals surface area contributed by atoms with E-state index < -0.39 is 0 Å². The van der Waals surface area contributed by atoms with E-state index in [1.807, 2.05) is 17.8 Å². The van der Waals surface area contributed by atoms with Gasteiger partial charge in [0.05, 0.1) is 10.9 Å². The van der Waals surface area contributed by atoms with Crippen molar-refractivity contribution in [3.05, 3.63) is 57.4 Å². The molecule has 2 aromatic heterocycles. The Morgan fingerprint density at radius 3 is 2.48 bits per heavy atom. The van der Waals surface area contributed by atoms with Gasteiger partial charge in [0.15, 0.2) is 10.7 Å². The van der Waals surface area contributed by atoms with Crippen LogP contribution in [0.5, 0.6) is 0 Å². The molecule has 4 aromatic rings. The summed E-state index contributed by atoms with van der Waals surface area (Å²) in [5, 5.41) is 11.5. The number of hydrogen-bond donors (Lipinski definition) is 0. The third-order valence-corrected chi connectivity index (χ3v) is 6.19. The predicted molar refractivity (Wildman–Crippen MR) is 120 cm³/mol. The Labute approximate surface area is 176 Å². The van der Waals surface area contributed by atoms with E-state index in [9.17, 15) is 0 Å². The SMILES string of the molecule is Cc1ccc2c(CC(C)c3c(C)ccc4onc(Cl)c34)n(C)nc2c1C(C)(C)C. The lowest BCUT2D eigenvalue weighted by molar-refractivity contribution is 0.457. The van der Waals surface area contributed by atoms with Crippen molar-refractivity contribution in [3.63, 3.8) is 0 Å². The first-order valence-electron chi connectivity index (χ1n) is 10.1. The minimum atomic E-state index is 0.0407. The van der Waals surface area contributed by atoms with Gasteiger partial charge in [-0.3, -0.25) is 4.68 Å². The van der Waals surface area contributed by atoms with Crippen LogP contribution in [0, 0.1) is 13.8 Å². The van der Waals surface area contributed by atoms with E-state index in [1.54, 1.807) is 0 Å². The molecule has 4 nitrogen and oxygen atoms in total. The van der Waals surface area contributed by atoms with Gasteiger partial charge >= 0.3 is 0 Å². The van der Waals surface area contributed by atoms with E-state index in [4.69, 9.17) is 21.2 Å². The molecule has 0 amide bonds. The summed E-state index contributed by atoms with van der Waals surface area (Å²) >= 11 is 6.37. The Balaban J connectivity index is 1.85. The Hall–Kier alpha value is -2.33. The second kappa shape index (κ2) is 6.88. The van der Waals surface area contributed by atoms with Crippen molar-refractivity contribution in [3.8, 4) is 0 Å². The van der Waals surface area contributed by atoms with E-state index in [1.165, 1.54) is 33.3 Å². The smallest absolute Gasteiger partial charge is 0.180 e. The van der Waals surface area contributed by atoms with Crippen LogP contribution in [-0.2, 0) is 18.9 Å². The molecule has 2 heterocycles. The number of nitrogens with zero attached hydrogens (tertiary/aromatic N) is 3. The van der Waals surface area contributed by atoms with Crippen LogP contribution in [0.4, 0.5) is 0 Å². The van der Waals surface area contributed by atoms with E-state index >= 15 is 0 Å². The van der Waals surface area contributed by atoms with Crippen LogP contribution >= 0.6 is 11.6 Å². The lowest BCUT2D eigenvalue weighted by atomic mass is 9.82. The van der Waals surface area contributed by atoms with E-state index in [-0.39, 0.29) is 11.3 Å². The van der Waals surface area contributed by atoms with Crippen LogP contribution in [0.2, 0.25) is 5.15 Å². The summed E-state index contributed by atoms with van der Waals surface area (Å²) in [5.41, 5.74) is 8.15. The van der Waals surface area contributed by atoms with Gasteiger partial charge in [-0.1, -0.05) is 62.7 Å². The number of hydrogen-bond acceptors (Lipinski definition) is 3. The molecular formula is C24H28ClN3O. The number of aryl methyl sites for hydroxylation is 3. The molecule has 0 fully saturated rings. The van der Waals surface area contributed by atoms with Crippen molar-refractivity contribution in [1.82, 2.24) is 14.9 Å². The minimum absolute atomic E-state index is 0.0407. The summed E-state index contributed by atoms with van der Waals surface area (Å²) in [6, 6.07) is 8.46. The number of fused-ring (bicyclic) bond motifs is 2. The molecule has 1 atom stereocenters. The lowest BCUT2D eigenvalue weighted by Crippen LogP contribution is -2.14. The fourth-order valence-corrected chi connectivity index (χ4v) is 4.99. The zero-order chi connectivity index (χ0) is 21.1. The van der Waals surface area contributed by atoms with E-state index in [0.717, 1.165) is 22.9 Å². The van der Waals surface area contributed by atoms with Crippen LogP contribution in [0.3, 0.4) is 0 Å². The predicted octanol–water partition coefficient (Wildman–Crippen LogP) is 6.63. The topological polar surface area (TPSA) is 43.9 Å². The van der Waals surface area contributed by atoms with Gasteiger partial charge < -0.3 is 4.52 Å². The van der Waals surface area contributed by atoms with Crippen molar-refractivity contribution in [2.75, 3.05) is 0 Å². The number of benzene rings is 2. The monoisotopic (exact) mass is 409 g/mol. The van der Waals surface area contributed by atoms with Crippen molar-refractivity contribution < 1.29 is 4.52 Å². The Morgan fingerprint density at radius 2 is 1.79 bits per heavy atom. The highest BCUT2D eigenvalue weighted by Crippen LogP contribution is 2.38. The minimum Gasteiger partial charge on any atom is -0.355 e. The van der Waals surface area contributed by atoms with Crippen LogP contribution < -0.4 is 0 Å². The fraction of sp³-hybridized carbons (Fsp3) is 0.417. The van der Waals surface area contributed by atoms with Crippen molar-refractivity contribution in [2.24, 2.45) is 7.05 Å². The zero-order valence-electron chi connectivity index (χ0n) is 18.2.